The first-order valence-corrected chi connectivity index (χ1v) is 8.23. The number of carbonyl (C=O) groups excluding carboxylic acids is 3. The maximum atomic E-state index is 12.1. The van der Waals surface area contributed by atoms with Crippen molar-refractivity contribution in [3.05, 3.63) is 46.9 Å². The molecule has 0 spiro atoms. The Balaban J connectivity index is 2.61. The van der Waals surface area contributed by atoms with Gasteiger partial charge in [0, 0.05) is 12.6 Å². The number of esters is 2. The molecule has 0 aromatic heterocycles. The molecule has 9 heteroatoms. The predicted molar refractivity (Wildman–Crippen MR) is 99.0 cm³/mol. The van der Waals surface area contributed by atoms with E-state index < -0.39 is 30.1 Å². The first-order chi connectivity index (χ1) is 12.9. The predicted octanol–water partition coefficient (Wildman–Crippen LogP) is 2.69. The average Bonchev–Trinajstić information content (AvgIpc) is 2.65. The van der Waals surface area contributed by atoms with Crippen molar-refractivity contribution in [3.8, 4) is 0 Å². The molecule has 2 atom stereocenters. The Hall–Kier alpha value is -3.23. The zero-order valence-corrected chi connectivity index (χ0v) is 15.4. The molecule has 0 aliphatic carbocycles. The molecule has 0 aliphatic rings. The highest BCUT2D eigenvalue weighted by molar-refractivity contribution is 5.92. The second-order valence-electron chi connectivity index (χ2n) is 5.59. The van der Waals surface area contributed by atoms with Gasteiger partial charge in [-0.05, 0) is 31.0 Å². The van der Waals surface area contributed by atoms with Crippen LogP contribution in [0.1, 0.15) is 31.9 Å². The van der Waals surface area contributed by atoms with E-state index in [4.69, 9.17) is 4.74 Å². The highest BCUT2D eigenvalue weighted by atomic mass is 16.5. The van der Waals surface area contributed by atoms with Crippen LogP contribution in [0, 0.1) is 4.91 Å². The fourth-order valence-electron chi connectivity index (χ4n) is 2.05. The molecule has 0 bridgehead atoms. The van der Waals surface area contributed by atoms with E-state index in [1.807, 2.05) is 0 Å². The molecule has 27 heavy (non-hydrogen) atoms. The number of urea groups is 1. The zero-order chi connectivity index (χ0) is 20.2. The first-order valence-electron chi connectivity index (χ1n) is 8.23. The number of nitroso groups, excluding NO2 is 1. The minimum Gasteiger partial charge on any atom is -0.467 e. The molecule has 1 aromatic rings. The Morgan fingerprint density at radius 3 is 2.41 bits per heavy atom. The summed E-state index contributed by atoms with van der Waals surface area (Å²) < 4.78 is 9.41. The van der Waals surface area contributed by atoms with Crippen LogP contribution >= 0.6 is 0 Å². The van der Waals surface area contributed by atoms with Crippen molar-refractivity contribution in [2.75, 3.05) is 19.0 Å². The van der Waals surface area contributed by atoms with Crippen molar-refractivity contribution in [2.45, 2.75) is 32.4 Å². The summed E-state index contributed by atoms with van der Waals surface area (Å²) in [5.74, 6) is -1.02. The summed E-state index contributed by atoms with van der Waals surface area (Å²) in [6.45, 7) is 3.04. The number of ether oxygens (including phenoxy) is 2. The van der Waals surface area contributed by atoms with Gasteiger partial charge >= 0.3 is 18.0 Å². The molecule has 0 fully saturated rings. The monoisotopic (exact) mass is 377 g/mol. The third kappa shape index (κ3) is 8.13. The van der Waals surface area contributed by atoms with Crippen molar-refractivity contribution in [2.24, 2.45) is 5.18 Å². The third-order valence-corrected chi connectivity index (χ3v) is 3.52. The van der Waals surface area contributed by atoms with Gasteiger partial charge < -0.3 is 20.1 Å². The van der Waals surface area contributed by atoms with Gasteiger partial charge in [0.15, 0.2) is 0 Å². The lowest BCUT2D eigenvalue weighted by atomic mass is 10.1. The maximum absolute atomic E-state index is 12.1. The fourth-order valence-corrected chi connectivity index (χ4v) is 2.05. The van der Waals surface area contributed by atoms with Crippen molar-refractivity contribution >= 4 is 23.7 Å². The number of nitrogens with zero attached hydrogens (tertiary/aromatic N) is 1. The van der Waals surface area contributed by atoms with Gasteiger partial charge in [-0.2, -0.15) is 4.91 Å². The van der Waals surface area contributed by atoms with E-state index >= 15 is 0 Å². The summed E-state index contributed by atoms with van der Waals surface area (Å²) in [4.78, 5) is 45.1. The van der Waals surface area contributed by atoms with Gasteiger partial charge in [0.1, 0.15) is 18.7 Å². The van der Waals surface area contributed by atoms with Crippen molar-refractivity contribution < 1.29 is 23.9 Å². The smallest absolute Gasteiger partial charge is 0.328 e. The zero-order valence-electron chi connectivity index (χ0n) is 15.4. The van der Waals surface area contributed by atoms with Crippen LogP contribution in [0.2, 0.25) is 0 Å². The van der Waals surface area contributed by atoms with E-state index in [1.165, 1.54) is 14.0 Å². The molecule has 0 heterocycles. The fraction of sp³-hybridized carbons (Fsp3) is 0.389. The maximum Gasteiger partial charge on any atom is 0.328 e. The lowest BCUT2D eigenvalue weighted by Crippen LogP contribution is -2.43. The van der Waals surface area contributed by atoms with Gasteiger partial charge in [0.2, 0.25) is 0 Å². The number of rotatable bonds is 9. The second kappa shape index (κ2) is 11.4. The summed E-state index contributed by atoms with van der Waals surface area (Å²) in [6.07, 6.45) is 3.34. The van der Waals surface area contributed by atoms with Gasteiger partial charge in [-0.3, -0.25) is 4.79 Å². The van der Waals surface area contributed by atoms with Crippen LogP contribution in [0.4, 0.5) is 10.5 Å². The number of nitrogens with one attached hydrogen (secondary N) is 2. The largest absolute Gasteiger partial charge is 0.467 e. The molecule has 1 rings (SSSR count). The normalized spacial score (nSPS) is 12.7. The Morgan fingerprint density at radius 1 is 1.19 bits per heavy atom. The SMILES string of the molecule is COC(=O)C(CC=CCOC(C)=O)NC(=O)Nc1ccc(C(C)N=O)cc1. The number of hydrogen-bond donors (Lipinski definition) is 2. The summed E-state index contributed by atoms with van der Waals surface area (Å²) in [6, 6.07) is 4.64. The molecule has 2 unspecified atom stereocenters. The van der Waals surface area contributed by atoms with Crippen LogP contribution in [0.25, 0.3) is 0 Å². The number of anilines is 1. The number of benzene rings is 1. The lowest BCUT2D eigenvalue weighted by Gasteiger charge is -2.15. The van der Waals surface area contributed by atoms with E-state index in [0.29, 0.717) is 5.69 Å². The molecule has 146 valence electrons. The van der Waals surface area contributed by atoms with E-state index in [-0.39, 0.29) is 13.0 Å². The number of methoxy groups -OCH3 is 1. The molecule has 2 N–H and O–H groups in total. The van der Waals surface area contributed by atoms with E-state index in [9.17, 15) is 19.3 Å². The van der Waals surface area contributed by atoms with Gasteiger partial charge in [0.05, 0.1) is 7.11 Å². The van der Waals surface area contributed by atoms with E-state index in [0.717, 1.165) is 5.56 Å². The highest BCUT2D eigenvalue weighted by Crippen LogP contribution is 2.18. The van der Waals surface area contributed by atoms with E-state index in [2.05, 4.69) is 20.5 Å². The van der Waals surface area contributed by atoms with Crippen LogP contribution in [-0.4, -0.2) is 37.7 Å². The molecule has 0 saturated heterocycles. The van der Waals surface area contributed by atoms with Gasteiger partial charge in [-0.25, -0.2) is 9.59 Å². The molecule has 2 amide bonds. The third-order valence-electron chi connectivity index (χ3n) is 3.52. The molecule has 0 saturated carbocycles. The average molecular weight is 377 g/mol. The minimum atomic E-state index is -0.901. The summed E-state index contributed by atoms with van der Waals surface area (Å²) in [7, 11) is 1.22. The Labute approximate surface area is 157 Å². The Bertz CT molecular complexity index is 687. The highest BCUT2D eigenvalue weighted by Gasteiger charge is 2.20. The summed E-state index contributed by atoms with van der Waals surface area (Å²) in [5.41, 5.74) is 1.21. The standard InChI is InChI=1S/C18H23N3O6/c1-12(21-25)14-7-9-15(10-8-14)19-18(24)20-16(17(23)26-3)6-4-5-11-27-13(2)22/h4-5,7-10,12,16H,6,11H2,1-3H3,(H2,19,20,24). The molecule has 1 aromatic carbocycles. The second-order valence-corrected chi connectivity index (χ2v) is 5.59. The number of carbonyl (C=O) groups is 3. The van der Waals surface area contributed by atoms with Crippen LogP contribution in [-0.2, 0) is 19.1 Å². The van der Waals surface area contributed by atoms with Gasteiger partial charge in [-0.1, -0.05) is 29.5 Å². The van der Waals surface area contributed by atoms with Crippen LogP contribution in [0.3, 0.4) is 0 Å². The topological polar surface area (TPSA) is 123 Å². The Morgan fingerprint density at radius 2 is 1.85 bits per heavy atom. The van der Waals surface area contributed by atoms with Gasteiger partial charge in [0.25, 0.3) is 0 Å². The number of amides is 2. The van der Waals surface area contributed by atoms with Crippen molar-refractivity contribution in [3.63, 3.8) is 0 Å². The van der Waals surface area contributed by atoms with Gasteiger partial charge in [-0.15, -0.1) is 0 Å². The molecule has 0 aliphatic heterocycles. The summed E-state index contributed by atoms with van der Waals surface area (Å²) in [5, 5.41) is 8.04. The van der Waals surface area contributed by atoms with Crippen molar-refractivity contribution in [1.29, 1.82) is 0 Å². The van der Waals surface area contributed by atoms with Crippen LogP contribution in [0.15, 0.2) is 41.6 Å². The van der Waals surface area contributed by atoms with Crippen LogP contribution < -0.4 is 10.6 Å². The molecular weight excluding hydrogens is 354 g/mol. The first kappa shape index (κ1) is 21.8. The number of hydrogen-bond acceptors (Lipinski definition) is 7. The van der Waals surface area contributed by atoms with E-state index in [1.54, 1.807) is 43.3 Å². The molecule has 9 nitrogen and oxygen atoms in total. The molecule has 0 radical (unpaired) electrons. The molecular formula is C18H23N3O6. The summed E-state index contributed by atoms with van der Waals surface area (Å²) >= 11 is 0. The Kier molecular flexibility index (Phi) is 9.21. The van der Waals surface area contributed by atoms with Crippen molar-refractivity contribution in [1.82, 2.24) is 5.32 Å². The minimum absolute atomic E-state index is 0.0792. The quantitative estimate of drug-likeness (QED) is 0.387. The lowest BCUT2D eigenvalue weighted by molar-refractivity contribution is -0.143. The van der Waals surface area contributed by atoms with Crippen LogP contribution in [0.5, 0.6) is 0 Å².